The Morgan fingerprint density at radius 3 is 2.55 bits per heavy atom. The van der Waals surface area contributed by atoms with Crippen molar-refractivity contribution in [1.82, 2.24) is 9.88 Å². The fourth-order valence-electron chi connectivity index (χ4n) is 5.89. The molecule has 2 aromatic rings. The van der Waals surface area contributed by atoms with Gasteiger partial charge in [-0.3, -0.25) is 24.2 Å². The highest BCUT2D eigenvalue weighted by Crippen LogP contribution is 2.61. The normalized spacial score (nSPS) is 27.8. The van der Waals surface area contributed by atoms with Gasteiger partial charge in [0.05, 0.1) is 23.2 Å². The second kappa shape index (κ2) is 8.48. The van der Waals surface area contributed by atoms with Crippen molar-refractivity contribution in [2.75, 3.05) is 23.8 Å². The molecule has 2 fully saturated rings. The lowest BCUT2D eigenvalue weighted by atomic mass is 9.73. The summed E-state index contributed by atoms with van der Waals surface area (Å²) in [7, 11) is 1.06. The van der Waals surface area contributed by atoms with Crippen LogP contribution in [0, 0.1) is 11.8 Å². The van der Waals surface area contributed by atoms with E-state index in [2.05, 4.69) is 10.3 Å². The molecule has 38 heavy (non-hydrogen) atoms. The molecule has 3 aliphatic rings. The molecule has 2 amide bonds. The molecule has 15 heteroatoms. The number of carbonyl (C=O) groups is 3. The number of nitrogens with one attached hydrogen (secondary N) is 1. The summed E-state index contributed by atoms with van der Waals surface area (Å²) in [5.41, 5.74) is -3.70. The van der Waals surface area contributed by atoms with Crippen molar-refractivity contribution in [3.8, 4) is 0 Å². The number of aromatic nitrogens is 1. The Morgan fingerprint density at radius 2 is 1.92 bits per heavy atom. The van der Waals surface area contributed by atoms with E-state index in [9.17, 15) is 41.4 Å². The molecule has 1 aromatic heterocycles. The lowest BCUT2D eigenvalue weighted by Crippen LogP contribution is -2.54. The second-order valence-corrected chi connectivity index (χ2v) is 10.2. The maximum absolute atomic E-state index is 14.8. The summed E-state index contributed by atoms with van der Waals surface area (Å²) >= 11 is 12.4. The van der Waals surface area contributed by atoms with Gasteiger partial charge in [0, 0.05) is 30.1 Å². The van der Waals surface area contributed by atoms with E-state index >= 15 is 0 Å². The molecule has 2 saturated heterocycles. The van der Waals surface area contributed by atoms with Crippen LogP contribution in [-0.4, -0.2) is 58.3 Å². The summed E-state index contributed by atoms with van der Waals surface area (Å²) < 4.78 is 69.2. The van der Waals surface area contributed by atoms with Crippen LogP contribution < -0.4 is 10.2 Å². The van der Waals surface area contributed by atoms with Crippen LogP contribution in [0.25, 0.3) is 0 Å². The Bertz CT molecular complexity index is 1390. The summed E-state index contributed by atoms with van der Waals surface area (Å²) in [4.78, 5) is 45.1. The smallest absolute Gasteiger partial charge is 0.433 e. The highest BCUT2D eigenvalue weighted by Gasteiger charge is 2.74. The number of hydrogen-bond donors (Lipinski definition) is 2. The monoisotopic (exact) mass is 578 g/mol. The summed E-state index contributed by atoms with van der Waals surface area (Å²) in [5.74, 6) is -11.3. The molecule has 4 atom stereocenters. The Morgan fingerprint density at radius 1 is 1.24 bits per heavy atom. The van der Waals surface area contributed by atoms with Crippen molar-refractivity contribution in [3.63, 3.8) is 0 Å². The SMILES string of the molecule is CN(C(=O)[C@H]1[C@H]2CC(F)(F)CN2C2(C(=O)Nc3c(Cl)cc(Cl)cc32)[C@H]1C(=O)O)c1cccc(C(F)(F)F)n1. The lowest BCUT2D eigenvalue weighted by Gasteiger charge is -2.36. The molecule has 2 N–H and O–H groups in total. The van der Waals surface area contributed by atoms with Gasteiger partial charge in [0.1, 0.15) is 23.0 Å². The van der Waals surface area contributed by atoms with Crippen LogP contribution in [0.4, 0.5) is 33.5 Å². The molecule has 0 saturated carbocycles. The van der Waals surface area contributed by atoms with Gasteiger partial charge in [0.25, 0.3) is 11.8 Å². The van der Waals surface area contributed by atoms with Gasteiger partial charge >= 0.3 is 12.1 Å². The van der Waals surface area contributed by atoms with E-state index in [0.717, 1.165) is 24.1 Å². The van der Waals surface area contributed by atoms with Crippen LogP contribution in [0.2, 0.25) is 10.0 Å². The number of aliphatic carboxylic acids is 1. The van der Waals surface area contributed by atoms with Gasteiger partial charge in [0.2, 0.25) is 5.91 Å². The molecule has 1 aromatic carbocycles. The number of alkyl halides is 5. The number of anilines is 2. The lowest BCUT2D eigenvalue weighted by molar-refractivity contribution is -0.153. The number of carbonyl (C=O) groups excluding carboxylic acids is 2. The van der Waals surface area contributed by atoms with Crippen molar-refractivity contribution in [3.05, 3.63) is 51.6 Å². The molecule has 0 aliphatic carbocycles. The number of halogens is 7. The average Bonchev–Trinajstić information content (AvgIpc) is 3.38. The number of benzene rings is 1. The molecule has 0 bridgehead atoms. The molecule has 5 rings (SSSR count). The van der Waals surface area contributed by atoms with Gasteiger partial charge in [-0.1, -0.05) is 29.3 Å². The molecule has 4 heterocycles. The predicted octanol–water partition coefficient (Wildman–Crippen LogP) is 4.26. The van der Waals surface area contributed by atoms with E-state index in [1.807, 2.05) is 0 Å². The van der Waals surface area contributed by atoms with Gasteiger partial charge in [-0.2, -0.15) is 13.2 Å². The minimum absolute atomic E-state index is 0.00340. The number of nitrogens with zero attached hydrogens (tertiary/aromatic N) is 3. The fraction of sp³-hybridized carbons (Fsp3) is 0.391. The zero-order chi connectivity index (χ0) is 27.9. The van der Waals surface area contributed by atoms with Gasteiger partial charge in [-0.25, -0.2) is 13.8 Å². The van der Waals surface area contributed by atoms with Gasteiger partial charge in [0.15, 0.2) is 0 Å². The summed E-state index contributed by atoms with van der Waals surface area (Å²) in [6, 6.07) is 3.82. The van der Waals surface area contributed by atoms with E-state index in [4.69, 9.17) is 23.2 Å². The van der Waals surface area contributed by atoms with Gasteiger partial charge in [-0.15, -0.1) is 0 Å². The minimum Gasteiger partial charge on any atom is -0.481 e. The first-order valence-corrected chi connectivity index (χ1v) is 11.9. The standard InChI is InChI=1S/C23H17Cl2F5N4O4/c1-33(14-4-2-3-13(31-14)23(28,29)30)18(35)15-12-7-21(26,27)8-34(12)22(16(15)19(36)37)10-5-9(24)6-11(25)17(10)32-20(22)38/h2-6,12,15-16H,7-8H2,1H3,(H,32,38)(H,36,37)/t12-,15+,16-,22?/m1/s1. The van der Waals surface area contributed by atoms with Crippen molar-refractivity contribution < 1.29 is 41.4 Å². The predicted molar refractivity (Wildman–Crippen MR) is 124 cm³/mol. The third-order valence-electron chi connectivity index (χ3n) is 7.29. The van der Waals surface area contributed by atoms with Crippen LogP contribution in [0.5, 0.6) is 0 Å². The largest absolute Gasteiger partial charge is 0.481 e. The second-order valence-electron chi connectivity index (χ2n) is 9.40. The third kappa shape index (κ3) is 3.74. The fourth-order valence-corrected chi connectivity index (χ4v) is 6.43. The van der Waals surface area contributed by atoms with Crippen molar-refractivity contribution in [2.45, 2.75) is 30.1 Å². The average molecular weight is 579 g/mol. The summed E-state index contributed by atoms with van der Waals surface area (Å²) in [6.45, 7) is -1.05. The van der Waals surface area contributed by atoms with E-state index in [1.165, 1.54) is 12.1 Å². The molecule has 8 nitrogen and oxygen atoms in total. The molecular weight excluding hydrogens is 562 g/mol. The van der Waals surface area contributed by atoms with Gasteiger partial charge < -0.3 is 10.4 Å². The highest BCUT2D eigenvalue weighted by atomic mass is 35.5. The highest BCUT2D eigenvalue weighted by molar-refractivity contribution is 6.38. The molecule has 1 spiro atoms. The molecule has 1 unspecified atom stereocenters. The third-order valence-corrected chi connectivity index (χ3v) is 7.80. The number of rotatable bonds is 3. The quantitative estimate of drug-likeness (QED) is 0.528. The first-order chi connectivity index (χ1) is 17.6. The van der Waals surface area contributed by atoms with Crippen LogP contribution in [0.3, 0.4) is 0 Å². The zero-order valence-corrected chi connectivity index (χ0v) is 20.7. The maximum Gasteiger partial charge on any atom is 0.433 e. The summed E-state index contributed by atoms with van der Waals surface area (Å²) in [5, 5.41) is 12.7. The molecule has 3 aliphatic heterocycles. The number of carboxylic acid groups (broad SMARTS) is 1. The first kappa shape index (κ1) is 26.6. The summed E-state index contributed by atoms with van der Waals surface area (Å²) in [6.07, 6.45) is -5.80. The molecule has 0 radical (unpaired) electrons. The maximum atomic E-state index is 14.8. The van der Waals surface area contributed by atoms with Crippen LogP contribution in [0.1, 0.15) is 17.7 Å². The van der Waals surface area contributed by atoms with Crippen molar-refractivity contribution >= 4 is 52.5 Å². The van der Waals surface area contributed by atoms with E-state index in [0.29, 0.717) is 11.0 Å². The molecular formula is C23H17Cl2F5N4O4. The number of pyridine rings is 1. The zero-order valence-electron chi connectivity index (χ0n) is 19.2. The number of amides is 2. The Hall–Kier alpha value is -3.03. The number of fused-ring (bicyclic) bond motifs is 4. The van der Waals surface area contributed by atoms with E-state index in [1.54, 1.807) is 0 Å². The van der Waals surface area contributed by atoms with E-state index in [-0.39, 0.29) is 21.3 Å². The minimum atomic E-state index is -4.84. The van der Waals surface area contributed by atoms with Crippen molar-refractivity contribution in [2.24, 2.45) is 11.8 Å². The Labute approximate surface area is 221 Å². The Balaban J connectivity index is 1.68. The first-order valence-electron chi connectivity index (χ1n) is 11.1. The Kier molecular flexibility index (Phi) is 5.93. The number of hydrogen-bond acceptors (Lipinski definition) is 5. The topological polar surface area (TPSA) is 103 Å². The van der Waals surface area contributed by atoms with Crippen LogP contribution in [0.15, 0.2) is 30.3 Å². The van der Waals surface area contributed by atoms with Gasteiger partial charge in [-0.05, 0) is 24.3 Å². The van der Waals surface area contributed by atoms with Crippen LogP contribution in [-0.2, 0) is 26.1 Å². The van der Waals surface area contributed by atoms with Crippen molar-refractivity contribution in [1.29, 1.82) is 0 Å². The number of carboxylic acids is 1. The van der Waals surface area contributed by atoms with E-state index < -0.39 is 77.8 Å². The van der Waals surface area contributed by atoms with Crippen LogP contribution >= 0.6 is 23.2 Å². The molecule has 202 valence electrons.